The molecule has 0 bridgehead atoms. The van der Waals surface area contributed by atoms with Gasteiger partial charge in [0.25, 0.3) is 10.0 Å². The molecule has 4 nitrogen and oxygen atoms in total. The van der Waals surface area contributed by atoms with Crippen LogP contribution < -0.4 is 4.31 Å². The Bertz CT molecular complexity index is 876. The van der Waals surface area contributed by atoms with Crippen LogP contribution in [0.4, 0.5) is 5.69 Å². The highest BCUT2D eigenvalue weighted by atomic mass is 32.2. The normalized spacial score (nSPS) is 11.3. The molecule has 0 aliphatic rings. The zero-order chi connectivity index (χ0) is 16.3. The van der Waals surface area contributed by atoms with Gasteiger partial charge >= 0.3 is 0 Å². The number of hydrogen-bond donors (Lipinski definition) is 0. The number of aryl methyl sites for hydroxylation is 1. The third kappa shape index (κ3) is 3.43. The third-order valence-corrected chi connectivity index (χ3v) is 6.52. The van der Waals surface area contributed by atoms with Gasteiger partial charge in [0.15, 0.2) is 0 Å². The van der Waals surface area contributed by atoms with Gasteiger partial charge in [-0.2, -0.15) is 0 Å². The predicted molar refractivity (Wildman–Crippen MR) is 93.1 cm³/mol. The van der Waals surface area contributed by atoms with Crippen LogP contribution in [0.25, 0.3) is 0 Å². The molecule has 3 rings (SSSR count). The van der Waals surface area contributed by atoms with Crippen LogP contribution in [0.2, 0.25) is 0 Å². The lowest BCUT2D eigenvalue weighted by molar-refractivity contribution is 0.592. The number of anilines is 1. The SMILES string of the molecule is Cc1cccc(N(Cc2cccnc2)S(=O)(=O)c2cccs2)c1. The Morgan fingerprint density at radius 1 is 1.13 bits per heavy atom. The maximum atomic E-state index is 13.0. The summed E-state index contributed by atoms with van der Waals surface area (Å²) in [7, 11) is -3.60. The molecule has 0 atom stereocenters. The molecule has 0 unspecified atom stereocenters. The molecule has 1 aromatic carbocycles. The molecule has 0 aliphatic carbocycles. The lowest BCUT2D eigenvalue weighted by atomic mass is 10.2. The van der Waals surface area contributed by atoms with Crippen LogP contribution in [0.3, 0.4) is 0 Å². The molecule has 0 aliphatic heterocycles. The highest BCUT2D eigenvalue weighted by molar-refractivity contribution is 7.94. The van der Waals surface area contributed by atoms with Gasteiger partial charge in [-0.25, -0.2) is 8.42 Å². The number of benzene rings is 1. The van der Waals surface area contributed by atoms with Crippen LogP contribution in [0.15, 0.2) is 70.5 Å². The van der Waals surface area contributed by atoms with Gasteiger partial charge < -0.3 is 0 Å². The van der Waals surface area contributed by atoms with E-state index in [1.54, 1.807) is 29.9 Å². The summed E-state index contributed by atoms with van der Waals surface area (Å²) in [6.07, 6.45) is 3.36. The number of nitrogens with zero attached hydrogens (tertiary/aromatic N) is 2. The van der Waals surface area contributed by atoms with Crippen molar-refractivity contribution in [1.82, 2.24) is 4.98 Å². The minimum absolute atomic E-state index is 0.248. The highest BCUT2D eigenvalue weighted by Crippen LogP contribution is 2.28. The van der Waals surface area contributed by atoms with Crippen LogP contribution in [0.5, 0.6) is 0 Å². The van der Waals surface area contributed by atoms with E-state index in [1.807, 2.05) is 43.3 Å². The van der Waals surface area contributed by atoms with Gasteiger partial charge in [0.2, 0.25) is 0 Å². The van der Waals surface area contributed by atoms with Gasteiger partial charge in [0, 0.05) is 12.4 Å². The maximum absolute atomic E-state index is 13.0. The van der Waals surface area contributed by atoms with E-state index in [-0.39, 0.29) is 6.54 Å². The average molecular weight is 344 g/mol. The first-order chi connectivity index (χ1) is 11.1. The molecular weight excluding hydrogens is 328 g/mol. The summed E-state index contributed by atoms with van der Waals surface area (Å²) < 4.78 is 27.8. The minimum atomic E-state index is -3.60. The fourth-order valence-corrected chi connectivity index (χ4v) is 4.82. The highest BCUT2D eigenvalue weighted by Gasteiger charge is 2.26. The monoisotopic (exact) mass is 344 g/mol. The summed E-state index contributed by atoms with van der Waals surface area (Å²) in [4.78, 5) is 4.07. The van der Waals surface area contributed by atoms with Crippen molar-refractivity contribution in [3.63, 3.8) is 0 Å². The molecule has 0 amide bonds. The molecule has 118 valence electrons. The van der Waals surface area contributed by atoms with Crippen molar-refractivity contribution in [3.05, 3.63) is 77.4 Å². The summed E-state index contributed by atoms with van der Waals surface area (Å²) in [6, 6.07) is 14.6. The standard InChI is InChI=1S/C17H16N2O2S2/c1-14-5-2-7-16(11-14)19(13-15-6-3-9-18-12-15)23(20,21)17-8-4-10-22-17/h2-12H,13H2,1H3. The van der Waals surface area contributed by atoms with Crippen LogP contribution >= 0.6 is 11.3 Å². The Morgan fingerprint density at radius 3 is 2.65 bits per heavy atom. The Balaban J connectivity index is 2.07. The number of sulfonamides is 1. The van der Waals surface area contributed by atoms with Crippen molar-refractivity contribution in [1.29, 1.82) is 0 Å². The summed E-state index contributed by atoms with van der Waals surface area (Å²) in [5.74, 6) is 0. The molecule has 6 heteroatoms. The topological polar surface area (TPSA) is 50.3 Å². The average Bonchev–Trinajstić information content (AvgIpc) is 3.09. The summed E-state index contributed by atoms with van der Waals surface area (Å²) in [5.41, 5.74) is 2.51. The number of aromatic nitrogens is 1. The summed E-state index contributed by atoms with van der Waals surface area (Å²) >= 11 is 1.22. The second-order valence-electron chi connectivity index (χ2n) is 5.14. The maximum Gasteiger partial charge on any atom is 0.274 e. The smallest absolute Gasteiger partial charge is 0.264 e. The molecule has 3 aromatic rings. The second kappa shape index (κ2) is 6.52. The van der Waals surface area contributed by atoms with Crippen molar-refractivity contribution in [3.8, 4) is 0 Å². The van der Waals surface area contributed by atoms with E-state index in [1.165, 1.54) is 15.6 Å². The van der Waals surface area contributed by atoms with Crippen molar-refractivity contribution >= 4 is 27.0 Å². The Hall–Kier alpha value is -2.18. The first-order valence-corrected chi connectivity index (χ1v) is 9.41. The second-order valence-corrected chi connectivity index (χ2v) is 8.18. The van der Waals surface area contributed by atoms with Gasteiger partial charge in [0.1, 0.15) is 4.21 Å². The van der Waals surface area contributed by atoms with Crippen LogP contribution in [0.1, 0.15) is 11.1 Å². The molecule has 2 heterocycles. The van der Waals surface area contributed by atoms with E-state index < -0.39 is 10.0 Å². The predicted octanol–water partition coefficient (Wildman–Crippen LogP) is 3.85. The quantitative estimate of drug-likeness (QED) is 0.706. The van der Waals surface area contributed by atoms with Crippen LogP contribution in [0, 0.1) is 6.92 Å². The van der Waals surface area contributed by atoms with Crippen molar-refractivity contribution in [2.24, 2.45) is 0 Å². The third-order valence-electron chi connectivity index (χ3n) is 3.38. The van der Waals surface area contributed by atoms with E-state index in [4.69, 9.17) is 0 Å². The minimum Gasteiger partial charge on any atom is -0.264 e. The van der Waals surface area contributed by atoms with Gasteiger partial charge in [0.05, 0.1) is 12.2 Å². The largest absolute Gasteiger partial charge is 0.274 e. The molecule has 0 saturated carbocycles. The number of hydrogen-bond acceptors (Lipinski definition) is 4. The number of pyridine rings is 1. The van der Waals surface area contributed by atoms with Crippen LogP contribution in [-0.2, 0) is 16.6 Å². The number of rotatable bonds is 5. The van der Waals surface area contributed by atoms with E-state index in [0.717, 1.165) is 11.1 Å². The Morgan fingerprint density at radius 2 is 2.00 bits per heavy atom. The summed E-state index contributed by atoms with van der Waals surface area (Å²) in [6.45, 7) is 2.20. The zero-order valence-electron chi connectivity index (χ0n) is 12.6. The molecule has 0 saturated heterocycles. The van der Waals surface area contributed by atoms with Crippen molar-refractivity contribution in [2.75, 3.05) is 4.31 Å². The van der Waals surface area contributed by atoms with E-state index >= 15 is 0 Å². The van der Waals surface area contributed by atoms with E-state index in [9.17, 15) is 8.42 Å². The number of thiophene rings is 1. The zero-order valence-corrected chi connectivity index (χ0v) is 14.2. The fraction of sp³-hybridized carbons (Fsp3) is 0.118. The molecule has 0 N–H and O–H groups in total. The Labute approximate surface area is 140 Å². The van der Waals surface area contributed by atoms with E-state index in [2.05, 4.69) is 4.98 Å². The fourth-order valence-electron chi connectivity index (χ4n) is 2.27. The van der Waals surface area contributed by atoms with Crippen LogP contribution in [-0.4, -0.2) is 13.4 Å². The first kappa shape index (κ1) is 15.7. The van der Waals surface area contributed by atoms with Crippen molar-refractivity contribution in [2.45, 2.75) is 17.7 Å². The molecular formula is C17H16N2O2S2. The molecule has 23 heavy (non-hydrogen) atoms. The lowest BCUT2D eigenvalue weighted by Gasteiger charge is -2.24. The molecule has 0 radical (unpaired) electrons. The summed E-state index contributed by atoms with van der Waals surface area (Å²) in [5, 5.41) is 1.77. The van der Waals surface area contributed by atoms with Gasteiger partial charge in [-0.3, -0.25) is 9.29 Å². The lowest BCUT2D eigenvalue weighted by Crippen LogP contribution is -2.30. The molecule has 0 fully saturated rings. The first-order valence-electron chi connectivity index (χ1n) is 7.09. The van der Waals surface area contributed by atoms with Gasteiger partial charge in [-0.05, 0) is 47.7 Å². The molecule has 2 aromatic heterocycles. The van der Waals surface area contributed by atoms with E-state index in [0.29, 0.717) is 9.90 Å². The van der Waals surface area contributed by atoms with Gasteiger partial charge in [-0.15, -0.1) is 11.3 Å². The molecule has 0 spiro atoms. The van der Waals surface area contributed by atoms with Gasteiger partial charge in [-0.1, -0.05) is 24.3 Å². The Kier molecular flexibility index (Phi) is 4.45. The van der Waals surface area contributed by atoms with Crippen molar-refractivity contribution < 1.29 is 8.42 Å².